The third kappa shape index (κ3) is 3.91. The maximum atomic E-state index is 12.8. The summed E-state index contributed by atoms with van der Waals surface area (Å²) in [4.78, 5) is 50.7. The summed E-state index contributed by atoms with van der Waals surface area (Å²) in [6.45, 7) is 0. The average molecular weight is 430 g/mol. The lowest BCUT2D eigenvalue weighted by molar-refractivity contribution is -0.131. The van der Waals surface area contributed by atoms with Gasteiger partial charge in [-0.05, 0) is 41.1 Å². The zero-order chi connectivity index (χ0) is 22.7. The van der Waals surface area contributed by atoms with E-state index in [1.807, 2.05) is 30.3 Å². The fourth-order valence-corrected chi connectivity index (χ4v) is 3.35. The summed E-state index contributed by atoms with van der Waals surface area (Å²) in [5.74, 6) is -2.95. The minimum atomic E-state index is -1.39. The van der Waals surface area contributed by atoms with Crippen LogP contribution in [0.3, 0.4) is 0 Å². The van der Waals surface area contributed by atoms with Gasteiger partial charge in [0, 0.05) is 11.8 Å². The molecule has 0 radical (unpaired) electrons. The molecule has 0 saturated carbocycles. The number of nitrogens with one attached hydrogen (secondary N) is 2. The van der Waals surface area contributed by atoms with Crippen molar-refractivity contribution in [3.05, 3.63) is 72.3 Å². The Morgan fingerprint density at radius 3 is 2.50 bits per heavy atom. The standard InChI is InChI=1S/C23H18N4O5/c1-32-16-11-9-15(10-12-16)27-22(30)19(20(28)25-23(27)31)13-24-26-21(29)18-8-4-6-14-5-2-3-7-17(14)18/h2-13,19H,1H3,(H,26,29)(H,25,28,31)/b24-13-/t19-/m0/s1. The molecule has 160 valence electrons. The van der Waals surface area contributed by atoms with E-state index in [1.54, 1.807) is 24.3 Å². The van der Waals surface area contributed by atoms with Crippen LogP contribution >= 0.6 is 0 Å². The van der Waals surface area contributed by atoms with E-state index in [0.717, 1.165) is 21.9 Å². The molecule has 9 heteroatoms. The molecule has 9 nitrogen and oxygen atoms in total. The molecule has 0 unspecified atom stereocenters. The predicted molar refractivity (Wildman–Crippen MR) is 117 cm³/mol. The highest BCUT2D eigenvalue weighted by Gasteiger charge is 2.40. The molecule has 5 amide bonds. The third-order valence-corrected chi connectivity index (χ3v) is 4.96. The van der Waals surface area contributed by atoms with Crippen LogP contribution in [0.4, 0.5) is 10.5 Å². The molecular weight excluding hydrogens is 412 g/mol. The lowest BCUT2D eigenvalue weighted by Gasteiger charge is -2.28. The van der Waals surface area contributed by atoms with Crippen molar-refractivity contribution in [2.75, 3.05) is 12.0 Å². The van der Waals surface area contributed by atoms with Crippen molar-refractivity contribution in [1.82, 2.24) is 10.7 Å². The largest absolute Gasteiger partial charge is 0.497 e. The molecule has 1 saturated heterocycles. The maximum Gasteiger partial charge on any atom is 0.335 e. The summed E-state index contributed by atoms with van der Waals surface area (Å²) in [7, 11) is 1.49. The minimum absolute atomic E-state index is 0.263. The number of hydrogen-bond acceptors (Lipinski definition) is 6. The number of barbiturate groups is 1. The van der Waals surface area contributed by atoms with Crippen molar-refractivity contribution in [3.63, 3.8) is 0 Å². The second-order valence-electron chi connectivity index (χ2n) is 6.89. The van der Waals surface area contributed by atoms with Crippen LogP contribution in [0.15, 0.2) is 71.8 Å². The van der Waals surface area contributed by atoms with Gasteiger partial charge in [0.25, 0.3) is 11.8 Å². The van der Waals surface area contributed by atoms with Crippen molar-refractivity contribution in [2.24, 2.45) is 11.0 Å². The summed E-state index contributed by atoms with van der Waals surface area (Å²) >= 11 is 0. The molecule has 4 rings (SSSR count). The zero-order valence-corrected chi connectivity index (χ0v) is 16.9. The second-order valence-corrected chi connectivity index (χ2v) is 6.89. The molecular formula is C23H18N4O5. The molecule has 0 aliphatic carbocycles. The number of ether oxygens (including phenoxy) is 1. The van der Waals surface area contributed by atoms with Gasteiger partial charge in [0.15, 0.2) is 5.92 Å². The summed E-state index contributed by atoms with van der Waals surface area (Å²) in [5.41, 5.74) is 3.00. The Kier molecular flexibility index (Phi) is 5.63. The van der Waals surface area contributed by atoms with Gasteiger partial charge in [-0.2, -0.15) is 5.10 Å². The van der Waals surface area contributed by atoms with Gasteiger partial charge < -0.3 is 4.74 Å². The van der Waals surface area contributed by atoms with E-state index >= 15 is 0 Å². The lowest BCUT2D eigenvalue weighted by Crippen LogP contribution is -2.58. The van der Waals surface area contributed by atoms with Crippen molar-refractivity contribution in [3.8, 4) is 5.75 Å². The number of imide groups is 2. The molecule has 1 aliphatic heterocycles. The van der Waals surface area contributed by atoms with Crippen LogP contribution in [0.2, 0.25) is 0 Å². The van der Waals surface area contributed by atoms with E-state index in [0.29, 0.717) is 11.3 Å². The monoisotopic (exact) mass is 430 g/mol. The number of carbonyl (C=O) groups excluding carboxylic acids is 4. The fraction of sp³-hybridized carbons (Fsp3) is 0.0870. The number of amides is 5. The highest BCUT2D eigenvalue weighted by molar-refractivity contribution is 6.32. The highest BCUT2D eigenvalue weighted by atomic mass is 16.5. The zero-order valence-electron chi connectivity index (χ0n) is 16.9. The molecule has 1 fully saturated rings. The summed E-state index contributed by atoms with van der Waals surface area (Å²) in [6.07, 6.45) is 1.00. The SMILES string of the molecule is COc1ccc(N2C(=O)NC(=O)[C@H](/C=N\NC(=O)c3cccc4ccccc34)C2=O)cc1. The molecule has 3 aromatic rings. The van der Waals surface area contributed by atoms with E-state index in [9.17, 15) is 19.2 Å². The number of carbonyl (C=O) groups is 4. The molecule has 3 aromatic carbocycles. The van der Waals surface area contributed by atoms with Gasteiger partial charge in [-0.3, -0.25) is 19.7 Å². The number of benzene rings is 3. The summed E-state index contributed by atoms with van der Waals surface area (Å²) in [5, 5.41) is 7.55. The minimum Gasteiger partial charge on any atom is -0.497 e. The van der Waals surface area contributed by atoms with E-state index in [1.165, 1.54) is 19.2 Å². The van der Waals surface area contributed by atoms with Gasteiger partial charge in [0.2, 0.25) is 5.91 Å². The molecule has 0 bridgehead atoms. The van der Waals surface area contributed by atoms with Crippen LogP contribution in [0.25, 0.3) is 10.8 Å². The lowest BCUT2D eigenvalue weighted by atomic mass is 10.0. The highest BCUT2D eigenvalue weighted by Crippen LogP contribution is 2.23. The molecule has 1 aliphatic rings. The maximum absolute atomic E-state index is 12.8. The van der Waals surface area contributed by atoms with Gasteiger partial charge in [0.05, 0.1) is 12.8 Å². The molecule has 0 spiro atoms. The van der Waals surface area contributed by atoms with Crippen molar-refractivity contribution >= 4 is 46.4 Å². The first-order chi connectivity index (χ1) is 15.5. The molecule has 32 heavy (non-hydrogen) atoms. The van der Waals surface area contributed by atoms with Crippen LogP contribution in [-0.4, -0.2) is 37.1 Å². The first kappa shape index (κ1) is 20.7. The predicted octanol–water partition coefficient (Wildman–Crippen LogP) is 2.46. The number of urea groups is 1. The van der Waals surface area contributed by atoms with Gasteiger partial charge in [0.1, 0.15) is 5.75 Å². The molecule has 1 atom stereocenters. The van der Waals surface area contributed by atoms with Crippen LogP contribution < -0.4 is 20.4 Å². The third-order valence-electron chi connectivity index (χ3n) is 4.96. The van der Waals surface area contributed by atoms with Gasteiger partial charge in [-0.25, -0.2) is 15.1 Å². The van der Waals surface area contributed by atoms with Crippen LogP contribution in [0.1, 0.15) is 10.4 Å². The van der Waals surface area contributed by atoms with E-state index in [-0.39, 0.29) is 5.69 Å². The Morgan fingerprint density at radius 1 is 1.03 bits per heavy atom. The van der Waals surface area contributed by atoms with E-state index in [2.05, 4.69) is 15.8 Å². The number of rotatable bonds is 5. The number of hydrogen-bond donors (Lipinski definition) is 2. The number of methoxy groups -OCH3 is 1. The Hall–Kier alpha value is -4.53. The number of hydrazone groups is 1. The van der Waals surface area contributed by atoms with Gasteiger partial charge in [-0.15, -0.1) is 0 Å². The van der Waals surface area contributed by atoms with E-state index in [4.69, 9.17) is 4.74 Å². The summed E-state index contributed by atoms with van der Waals surface area (Å²) in [6, 6.07) is 18.0. The van der Waals surface area contributed by atoms with Gasteiger partial charge >= 0.3 is 6.03 Å². The Labute approximate surface area is 182 Å². The van der Waals surface area contributed by atoms with Crippen molar-refractivity contribution in [2.45, 2.75) is 0 Å². The average Bonchev–Trinajstić information content (AvgIpc) is 2.81. The quantitative estimate of drug-likeness (QED) is 0.366. The Balaban J connectivity index is 1.52. The molecule has 1 heterocycles. The fourth-order valence-electron chi connectivity index (χ4n) is 3.35. The molecule has 2 N–H and O–H groups in total. The summed E-state index contributed by atoms with van der Waals surface area (Å²) < 4.78 is 5.07. The van der Waals surface area contributed by atoms with Crippen LogP contribution in [0, 0.1) is 5.92 Å². The van der Waals surface area contributed by atoms with Crippen molar-refractivity contribution < 1.29 is 23.9 Å². The Bertz CT molecular complexity index is 1250. The second kappa shape index (κ2) is 8.68. The van der Waals surface area contributed by atoms with Crippen LogP contribution in [-0.2, 0) is 9.59 Å². The number of fused-ring (bicyclic) bond motifs is 1. The first-order valence-electron chi connectivity index (χ1n) is 9.63. The number of anilines is 1. The van der Waals surface area contributed by atoms with Crippen LogP contribution in [0.5, 0.6) is 5.75 Å². The van der Waals surface area contributed by atoms with E-state index < -0.39 is 29.7 Å². The normalized spacial score (nSPS) is 16.3. The van der Waals surface area contributed by atoms with Gasteiger partial charge in [-0.1, -0.05) is 36.4 Å². The first-order valence-corrected chi connectivity index (χ1v) is 9.63. The smallest absolute Gasteiger partial charge is 0.335 e. The molecule has 0 aromatic heterocycles. The Morgan fingerprint density at radius 2 is 1.75 bits per heavy atom. The topological polar surface area (TPSA) is 117 Å². The van der Waals surface area contributed by atoms with Crippen molar-refractivity contribution in [1.29, 1.82) is 0 Å². The number of nitrogens with zero attached hydrogens (tertiary/aromatic N) is 2.